The molecule has 4 nitrogen and oxygen atoms in total. The monoisotopic (exact) mass is 214 g/mol. The standard InChI is InChI=1S/C9H8F2N2O2/c1-13-8(9(14)15)4-2-5(10)6(11)3-7(4)12/h2-3H,12H2,1H3,(H,14,15). The third-order valence-corrected chi connectivity index (χ3v) is 1.77. The minimum Gasteiger partial charge on any atom is -0.477 e. The number of nitrogens with two attached hydrogens (primary N) is 1. The van der Waals surface area contributed by atoms with E-state index in [0.717, 1.165) is 6.07 Å². The van der Waals surface area contributed by atoms with Crippen molar-refractivity contribution in [2.75, 3.05) is 12.8 Å². The van der Waals surface area contributed by atoms with Crippen LogP contribution in [0.5, 0.6) is 0 Å². The molecule has 0 radical (unpaired) electrons. The lowest BCUT2D eigenvalue weighted by atomic mass is 10.1. The first-order valence-corrected chi connectivity index (χ1v) is 3.92. The van der Waals surface area contributed by atoms with E-state index in [1.54, 1.807) is 0 Å². The Bertz CT molecular complexity index is 444. The van der Waals surface area contributed by atoms with E-state index in [0.29, 0.717) is 6.07 Å². The zero-order valence-electron chi connectivity index (χ0n) is 7.79. The zero-order chi connectivity index (χ0) is 11.6. The number of benzene rings is 1. The maximum Gasteiger partial charge on any atom is 0.354 e. The highest BCUT2D eigenvalue weighted by Crippen LogP contribution is 2.18. The first kappa shape index (κ1) is 11.1. The van der Waals surface area contributed by atoms with Gasteiger partial charge in [0.25, 0.3) is 0 Å². The van der Waals surface area contributed by atoms with Gasteiger partial charge >= 0.3 is 5.97 Å². The maximum atomic E-state index is 12.8. The topological polar surface area (TPSA) is 75.7 Å². The van der Waals surface area contributed by atoms with Crippen LogP contribution in [0.15, 0.2) is 17.1 Å². The molecule has 0 saturated heterocycles. The Morgan fingerprint density at radius 3 is 2.40 bits per heavy atom. The van der Waals surface area contributed by atoms with Crippen molar-refractivity contribution in [1.82, 2.24) is 0 Å². The quantitative estimate of drug-likeness (QED) is 0.570. The summed E-state index contributed by atoms with van der Waals surface area (Å²) in [6, 6.07) is 1.43. The summed E-state index contributed by atoms with van der Waals surface area (Å²) >= 11 is 0. The molecule has 0 saturated carbocycles. The molecule has 0 aliphatic carbocycles. The molecule has 3 N–H and O–H groups in total. The highest BCUT2D eigenvalue weighted by Gasteiger charge is 2.17. The van der Waals surface area contributed by atoms with Gasteiger partial charge in [0.2, 0.25) is 0 Å². The van der Waals surface area contributed by atoms with E-state index in [-0.39, 0.29) is 11.3 Å². The van der Waals surface area contributed by atoms with Gasteiger partial charge in [-0.1, -0.05) is 0 Å². The Kier molecular flexibility index (Phi) is 2.99. The van der Waals surface area contributed by atoms with Crippen LogP contribution in [0, 0.1) is 11.6 Å². The van der Waals surface area contributed by atoms with Gasteiger partial charge in [0, 0.05) is 24.4 Å². The third kappa shape index (κ3) is 2.09. The number of carbonyl (C=O) groups is 1. The van der Waals surface area contributed by atoms with Crippen LogP contribution in [0.25, 0.3) is 0 Å². The van der Waals surface area contributed by atoms with Crippen molar-refractivity contribution in [2.45, 2.75) is 0 Å². The number of carboxylic acids is 1. The molecule has 6 heteroatoms. The van der Waals surface area contributed by atoms with Crippen LogP contribution in [-0.4, -0.2) is 23.8 Å². The summed E-state index contributed by atoms with van der Waals surface area (Å²) in [5, 5.41) is 8.71. The van der Waals surface area contributed by atoms with E-state index in [2.05, 4.69) is 4.99 Å². The van der Waals surface area contributed by atoms with Crippen LogP contribution < -0.4 is 5.73 Å². The molecule has 0 aromatic heterocycles. The highest BCUT2D eigenvalue weighted by atomic mass is 19.2. The summed E-state index contributed by atoms with van der Waals surface area (Å²) in [6.07, 6.45) is 0. The number of aliphatic carboxylic acids is 1. The van der Waals surface area contributed by atoms with Crippen LogP contribution >= 0.6 is 0 Å². The first-order valence-electron chi connectivity index (χ1n) is 3.92. The van der Waals surface area contributed by atoms with Crippen molar-refractivity contribution in [2.24, 2.45) is 4.99 Å². The number of nitrogens with zero attached hydrogens (tertiary/aromatic N) is 1. The number of hydrogen-bond acceptors (Lipinski definition) is 3. The molecule has 80 valence electrons. The summed E-state index contributed by atoms with van der Waals surface area (Å²) in [5.74, 6) is -3.64. The Balaban J connectivity index is 3.38. The lowest BCUT2D eigenvalue weighted by Gasteiger charge is -2.05. The van der Waals surface area contributed by atoms with Gasteiger partial charge in [-0.15, -0.1) is 0 Å². The molecule has 0 amide bonds. The summed E-state index contributed by atoms with van der Waals surface area (Å²) in [6.45, 7) is 0. The number of carboxylic acid groups (broad SMARTS) is 1. The minimum atomic E-state index is -1.35. The number of aliphatic imine (C=N–C) groups is 1. The van der Waals surface area contributed by atoms with Crippen LogP contribution in [-0.2, 0) is 4.79 Å². The van der Waals surface area contributed by atoms with Gasteiger partial charge in [0.15, 0.2) is 17.3 Å². The predicted molar refractivity (Wildman–Crippen MR) is 50.9 cm³/mol. The van der Waals surface area contributed by atoms with Crippen molar-refractivity contribution in [3.8, 4) is 0 Å². The van der Waals surface area contributed by atoms with Crippen molar-refractivity contribution in [3.05, 3.63) is 29.3 Å². The van der Waals surface area contributed by atoms with E-state index in [1.807, 2.05) is 0 Å². The predicted octanol–water partition coefficient (Wildman–Crippen LogP) is 1.05. The zero-order valence-corrected chi connectivity index (χ0v) is 7.79. The van der Waals surface area contributed by atoms with Gasteiger partial charge in [0.05, 0.1) is 0 Å². The van der Waals surface area contributed by atoms with E-state index >= 15 is 0 Å². The first-order chi connectivity index (χ1) is 6.97. The van der Waals surface area contributed by atoms with Crippen LogP contribution in [0.2, 0.25) is 0 Å². The number of anilines is 1. The van der Waals surface area contributed by atoms with E-state index < -0.39 is 23.3 Å². The van der Waals surface area contributed by atoms with Crippen molar-refractivity contribution in [1.29, 1.82) is 0 Å². The molecule has 0 atom stereocenters. The molecule has 1 aromatic carbocycles. The smallest absolute Gasteiger partial charge is 0.354 e. The fourth-order valence-electron chi connectivity index (χ4n) is 1.10. The molecule has 0 bridgehead atoms. The lowest BCUT2D eigenvalue weighted by molar-refractivity contribution is -0.129. The van der Waals surface area contributed by atoms with Crippen LogP contribution in [0.4, 0.5) is 14.5 Å². The van der Waals surface area contributed by atoms with Crippen LogP contribution in [0.1, 0.15) is 5.56 Å². The highest BCUT2D eigenvalue weighted by molar-refractivity contribution is 6.43. The molecule has 1 rings (SSSR count). The largest absolute Gasteiger partial charge is 0.477 e. The molecular weight excluding hydrogens is 206 g/mol. The Morgan fingerprint density at radius 2 is 1.93 bits per heavy atom. The molecule has 0 unspecified atom stereocenters. The number of hydrogen-bond donors (Lipinski definition) is 2. The summed E-state index contributed by atoms with van der Waals surface area (Å²) in [4.78, 5) is 14.1. The second-order valence-electron chi connectivity index (χ2n) is 2.73. The minimum absolute atomic E-state index is 0.135. The molecule has 0 fully saturated rings. The van der Waals surface area contributed by atoms with E-state index in [9.17, 15) is 13.6 Å². The summed E-state index contributed by atoms with van der Waals surface area (Å²) < 4.78 is 25.5. The van der Waals surface area contributed by atoms with Gasteiger partial charge in [-0.2, -0.15) is 0 Å². The van der Waals surface area contributed by atoms with E-state index in [1.165, 1.54) is 7.05 Å². The average Bonchev–Trinajstić information content (AvgIpc) is 2.14. The van der Waals surface area contributed by atoms with Crippen molar-refractivity contribution < 1.29 is 18.7 Å². The Hall–Kier alpha value is -1.98. The Labute approximate surface area is 84.0 Å². The van der Waals surface area contributed by atoms with Gasteiger partial charge in [-0.3, -0.25) is 4.99 Å². The average molecular weight is 214 g/mol. The number of rotatable bonds is 2. The fourth-order valence-corrected chi connectivity index (χ4v) is 1.10. The third-order valence-electron chi connectivity index (χ3n) is 1.77. The van der Waals surface area contributed by atoms with E-state index in [4.69, 9.17) is 10.8 Å². The van der Waals surface area contributed by atoms with Gasteiger partial charge in [-0.05, 0) is 6.07 Å². The molecule has 15 heavy (non-hydrogen) atoms. The molecule has 0 spiro atoms. The van der Waals surface area contributed by atoms with Gasteiger partial charge < -0.3 is 10.8 Å². The normalized spacial score (nSPS) is 11.5. The lowest BCUT2D eigenvalue weighted by Crippen LogP contribution is -2.16. The summed E-state index contributed by atoms with van der Waals surface area (Å²) in [7, 11) is 1.23. The SMILES string of the molecule is CN=C(C(=O)O)c1cc(F)c(F)cc1N. The van der Waals surface area contributed by atoms with Crippen molar-refractivity contribution in [3.63, 3.8) is 0 Å². The molecule has 0 heterocycles. The molecule has 0 aliphatic rings. The number of halogens is 2. The van der Waals surface area contributed by atoms with Gasteiger partial charge in [-0.25, -0.2) is 13.6 Å². The fraction of sp³-hybridized carbons (Fsp3) is 0.111. The summed E-state index contributed by atoms with van der Waals surface area (Å²) in [5.41, 5.74) is 4.64. The molecule has 0 aliphatic heterocycles. The second kappa shape index (κ2) is 4.04. The molecular formula is C9H8F2N2O2. The molecule has 1 aromatic rings. The number of nitrogen functional groups attached to an aromatic ring is 1. The second-order valence-corrected chi connectivity index (χ2v) is 2.73. The Morgan fingerprint density at radius 1 is 1.40 bits per heavy atom. The van der Waals surface area contributed by atoms with Crippen molar-refractivity contribution >= 4 is 17.4 Å². The van der Waals surface area contributed by atoms with Gasteiger partial charge in [0.1, 0.15) is 0 Å². The maximum absolute atomic E-state index is 12.8. The van der Waals surface area contributed by atoms with Crippen LogP contribution in [0.3, 0.4) is 0 Å².